The van der Waals surface area contributed by atoms with Crippen molar-refractivity contribution in [2.75, 3.05) is 5.32 Å². The highest BCUT2D eigenvalue weighted by Crippen LogP contribution is 2.42. The molecule has 1 amide bonds. The molecule has 0 saturated heterocycles. The predicted octanol–water partition coefficient (Wildman–Crippen LogP) is 2.01. The summed E-state index contributed by atoms with van der Waals surface area (Å²) in [5.41, 5.74) is -0.00815. The van der Waals surface area contributed by atoms with Crippen LogP contribution in [-0.2, 0) is 14.8 Å². The van der Waals surface area contributed by atoms with Crippen LogP contribution in [0.5, 0.6) is 0 Å². The Bertz CT molecular complexity index is 616. The molecule has 0 aliphatic heterocycles. The highest BCUT2D eigenvalue weighted by atomic mass is 32.2. The number of aryl methyl sites for hydroxylation is 1. The van der Waals surface area contributed by atoms with Gasteiger partial charge in [-0.15, -0.1) is 0 Å². The Morgan fingerprint density at radius 1 is 1.45 bits per heavy atom. The quantitative estimate of drug-likeness (QED) is 0.886. The second-order valence-corrected chi connectivity index (χ2v) is 7.99. The summed E-state index contributed by atoms with van der Waals surface area (Å²) < 4.78 is 22.7. The molecule has 0 unspecified atom stereocenters. The fourth-order valence-corrected chi connectivity index (χ4v) is 4.58. The number of nitrogens with one attached hydrogen (secondary N) is 1. The zero-order valence-electron chi connectivity index (χ0n) is 11.6. The zero-order chi connectivity index (χ0) is 15.0. The summed E-state index contributed by atoms with van der Waals surface area (Å²) in [7, 11) is -3.78. The predicted molar refractivity (Wildman–Crippen MR) is 78.0 cm³/mol. The van der Waals surface area contributed by atoms with Gasteiger partial charge in [0.1, 0.15) is 0 Å². The van der Waals surface area contributed by atoms with Crippen molar-refractivity contribution in [3.8, 4) is 0 Å². The largest absolute Gasteiger partial charge is 0.301 e. The monoisotopic (exact) mass is 317 g/mol. The third-order valence-corrected chi connectivity index (χ3v) is 6.58. The Morgan fingerprint density at radius 2 is 2.05 bits per heavy atom. The van der Waals surface area contributed by atoms with Crippen LogP contribution in [0.15, 0.2) is 4.21 Å². The molecule has 1 aromatic heterocycles. The molecule has 20 heavy (non-hydrogen) atoms. The van der Waals surface area contributed by atoms with Gasteiger partial charge in [0, 0.05) is 5.41 Å². The normalized spacial score (nSPS) is 18.1. The number of nitrogens with two attached hydrogens (primary N) is 1. The lowest BCUT2D eigenvalue weighted by Crippen LogP contribution is -2.33. The number of rotatable bonds is 4. The molecule has 6 nitrogen and oxygen atoms in total. The van der Waals surface area contributed by atoms with E-state index in [1.165, 1.54) is 0 Å². The van der Waals surface area contributed by atoms with Gasteiger partial charge in [0.15, 0.2) is 9.34 Å². The van der Waals surface area contributed by atoms with E-state index >= 15 is 0 Å². The van der Waals surface area contributed by atoms with Crippen LogP contribution in [0.2, 0.25) is 0 Å². The number of hydrogen-bond donors (Lipinski definition) is 2. The molecule has 0 aromatic carbocycles. The first-order chi connectivity index (χ1) is 9.28. The van der Waals surface area contributed by atoms with Gasteiger partial charge in [-0.2, -0.15) is 0 Å². The van der Waals surface area contributed by atoms with E-state index in [2.05, 4.69) is 10.3 Å². The maximum Gasteiger partial charge on any atom is 0.249 e. The van der Waals surface area contributed by atoms with Crippen molar-refractivity contribution >= 4 is 32.4 Å². The SMILES string of the molecule is CCC1(C(=O)Nc2nc(C)c(S(N)(=O)=O)s2)CCCC1. The summed E-state index contributed by atoms with van der Waals surface area (Å²) in [6.45, 7) is 3.57. The van der Waals surface area contributed by atoms with Gasteiger partial charge in [-0.05, 0) is 26.2 Å². The van der Waals surface area contributed by atoms with Gasteiger partial charge in [0.05, 0.1) is 5.69 Å². The van der Waals surface area contributed by atoms with Crippen molar-refractivity contribution in [2.24, 2.45) is 10.6 Å². The van der Waals surface area contributed by atoms with Crippen LogP contribution in [0.3, 0.4) is 0 Å². The standard InChI is InChI=1S/C12H19N3O3S2/c1-3-12(6-4-5-7-12)10(16)15-11-14-8(2)9(19-11)20(13,17)18/h3-7H2,1-2H3,(H2,13,17,18)(H,14,15,16). The molecule has 1 aliphatic rings. The van der Waals surface area contributed by atoms with Crippen molar-refractivity contribution < 1.29 is 13.2 Å². The summed E-state index contributed by atoms with van der Waals surface area (Å²) in [4.78, 5) is 16.5. The number of hydrogen-bond acceptors (Lipinski definition) is 5. The van der Waals surface area contributed by atoms with Gasteiger partial charge in [0.2, 0.25) is 15.9 Å². The average molecular weight is 317 g/mol. The van der Waals surface area contributed by atoms with Crippen LogP contribution >= 0.6 is 11.3 Å². The van der Waals surface area contributed by atoms with E-state index in [4.69, 9.17) is 5.14 Å². The summed E-state index contributed by atoms with van der Waals surface area (Å²) in [5, 5.41) is 8.17. The molecule has 112 valence electrons. The molecule has 1 fully saturated rings. The fraction of sp³-hybridized carbons (Fsp3) is 0.667. The Kier molecular flexibility index (Phi) is 4.17. The molecule has 0 bridgehead atoms. The van der Waals surface area contributed by atoms with Crippen LogP contribution in [-0.4, -0.2) is 19.3 Å². The summed E-state index contributed by atoms with van der Waals surface area (Å²) >= 11 is 0.907. The molecule has 0 atom stereocenters. The Hall–Kier alpha value is -0.990. The fourth-order valence-electron chi connectivity index (χ4n) is 2.72. The lowest BCUT2D eigenvalue weighted by Gasteiger charge is -2.25. The van der Waals surface area contributed by atoms with Crippen LogP contribution < -0.4 is 10.5 Å². The van der Waals surface area contributed by atoms with E-state index in [-0.39, 0.29) is 15.5 Å². The van der Waals surface area contributed by atoms with Gasteiger partial charge < -0.3 is 5.32 Å². The van der Waals surface area contributed by atoms with Crippen molar-refractivity contribution in [2.45, 2.75) is 50.2 Å². The molecular weight excluding hydrogens is 298 g/mol. The summed E-state index contributed by atoms with van der Waals surface area (Å²) in [6, 6.07) is 0. The third-order valence-electron chi connectivity index (χ3n) is 3.95. The summed E-state index contributed by atoms with van der Waals surface area (Å²) in [6.07, 6.45) is 4.65. The number of anilines is 1. The average Bonchev–Trinajstić information content (AvgIpc) is 2.95. The number of thiazole rings is 1. The van der Waals surface area contributed by atoms with Gasteiger partial charge in [-0.1, -0.05) is 31.1 Å². The van der Waals surface area contributed by atoms with E-state index in [0.29, 0.717) is 10.8 Å². The van der Waals surface area contributed by atoms with Gasteiger partial charge in [-0.3, -0.25) is 4.79 Å². The molecule has 0 spiro atoms. The van der Waals surface area contributed by atoms with Crippen LogP contribution in [0.4, 0.5) is 5.13 Å². The van der Waals surface area contributed by atoms with E-state index in [1.54, 1.807) is 6.92 Å². The first kappa shape index (κ1) is 15.4. The molecule has 1 heterocycles. The van der Waals surface area contributed by atoms with E-state index < -0.39 is 10.0 Å². The highest BCUT2D eigenvalue weighted by molar-refractivity contribution is 7.91. The number of carbonyl (C=O) groups is 1. The first-order valence-corrected chi connectivity index (χ1v) is 8.96. The first-order valence-electron chi connectivity index (χ1n) is 6.60. The number of sulfonamides is 1. The molecule has 1 saturated carbocycles. The number of primary sulfonamides is 1. The van der Waals surface area contributed by atoms with Crippen molar-refractivity contribution in [3.63, 3.8) is 0 Å². The number of aromatic nitrogens is 1. The molecular formula is C12H19N3O3S2. The van der Waals surface area contributed by atoms with E-state index in [9.17, 15) is 13.2 Å². The maximum absolute atomic E-state index is 12.4. The lowest BCUT2D eigenvalue weighted by molar-refractivity contribution is -0.125. The van der Waals surface area contributed by atoms with Gasteiger partial charge in [-0.25, -0.2) is 18.5 Å². The third kappa shape index (κ3) is 2.87. The second-order valence-electron chi connectivity index (χ2n) is 5.23. The van der Waals surface area contributed by atoms with E-state index in [0.717, 1.165) is 43.4 Å². The number of carbonyl (C=O) groups excluding carboxylic acids is 1. The summed E-state index contributed by atoms with van der Waals surface area (Å²) in [5.74, 6) is -0.0628. The molecule has 0 radical (unpaired) electrons. The van der Waals surface area contributed by atoms with Crippen molar-refractivity contribution in [1.82, 2.24) is 4.98 Å². The van der Waals surface area contributed by atoms with Crippen molar-refractivity contribution in [1.29, 1.82) is 0 Å². The van der Waals surface area contributed by atoms with Gasteiger partial charge >= 0.3 is 0 Å². The highest BCUT2D eigenvalue weighted by Gasteiger charge is 2.39. The van der Waals surface area contributed by atoms with Gasteiger partial charge in [0.25, 0.3) is 0 Å². The second kappa shape index (κ2) is 5.42. The molecule has 2 rings (SSSR count). The van der Waals surface area contributed by atoms with E-state index in [1.807, 2.05) is 6.92 Å². The van der Waals surface area contributed by atoms with Crippen molar-refractivity contribution in [3.05, 3.63) is 5.69 Å². The molecule has 1 aromatic rings. The number of amides is 1. The van der Waals surface area contributed by atoms with Crippen LogP contribution in [0, 0.1) is 12.3 Å². The lowest BCUT2D eigenvalue weighted by atomic mass is 9.82. The Morgan fingerprint density at radius 3 is 2.50 bits per heavy atom. The smallest absolute Gasteiger partial charge is 0.249 e. The topological polar surface area (TPSA) is 102 Å². The molecule has 8 heteroatoms. The maximum atomic E-state index is 12.4. The van der Waals surface area contributed by atoms with Crippen LogP contribution in [0.25, 0.3) is 0 Å². The Labute approximate surface area is 122 Å². The minimum absolute atomic E-state index is 0.00442. The molecule has 1 aliphatic carbocycles. The molecule has 3 N–H and O–H groups in total. The minimum Gasteiger partial charge on any atom is -0.301 e. The number of nitrogens with zero attached hydrogens (tertiary/aromatic N) is 1. The Balaban J connectivity index is 2.21. The minimum atomic E-state index is -3.78. The van der Waals surface area contributed by atoms with Crippen LogP contribution in [0.1, 0.15) is 44.7 Å². The zero-order valence-corrected chi connectivity index (χ0v) is 13.2.